The van der Waals surface area contributed by atoms with Gasteiger partial charge in [0.2, 0.25) is 5.13 Å². The van der Waals surface area contributed by atoms with Crippen molar-refractivity contribution < 1.29 is 4.74 Å². The molecule has 142 valence electrons. The van der Waals surface area contributed by atoms with E-state index in [1.54, 1.807) is 23.1 Å². The van der Waals surface area contributed by atoms with Crippen LogP contribution in [0.5, 0.6) is 0 Å². The Labute approximate surface area is 172 Å². The number of thioether (sulfide) groups is 1. The first-order valence-corrected chi connectivity index (χ1v) is 11.0. The fourth-order valence-corrected chi connectivity index (χ4v) is 4.82. The zero-order valence-corrected chi connectivity index (χ0v) is 16.9. The maximum atomic E-state index is 9.27. The molecular formula is C21H20N4OS2. The lowest BCUT2D eigenvalue weighted by Crippen LogP contribution is -2.18. The molecule has 2 heterocycles. The van der Waals surface area contributed by atoms with Gasteiger partial charge in [-0.25, -0.2) is 0 Å². The summed E-state index contributed by atoms with van der Waals surface area (Å²) >= 11 is 3.26. The minimum absolute atomic E-state index is 0.296. The van der Waals surface area contributed by atoms with Crippen molar-refractivity contribution >= 4 is 28.2 Å². The number of nitrogens with one attached hydrogen (secondary N) is 1. The van der Waals surface area contributed by atoms with E-state index in [2.05, 4.69) is 45.8 Å². The number of hydrogen-bond acceptors (Lipinski definition) is 7. The molecule has 3 aromatic rings. The number of hydrogen-bond donors (Lipinski definition) is 1. The fraction of sp³-hybridized carbons (Fsp3) is 0.286. The summed E-state index contributed by atoms with van der Waals surface area (Å²) in [4.78, 5) is 0. The molecule has 1 atom stereocenters. The molecule has 28 heavy (non-hydrogen) atoms. The molecule has 1 N–H and O–H groups in total. The van der Waals surface area contributed by atoms with Crippen molar-refractivity contribution in [2.75, 3.05) is 18.5 Å². The summed E-state index contributed by atoms with van der Waals surface area (Å²) in [7, 11) is 0. The van der Waals surface area contributed by atoms with Crippen LogP contribution in [-0.2, 0) is 10.5 Å². The lowest BCUT2D eigenvalue weighted by molar-refractivity contribution is 0.120. The minimum atomic E-state index is 0.296. The fourth-order valence-electron chi connectivity index (χ4n) is 3.10. The third-order valence-corrected chi connectivity index (χ3v) is 6.67. The van der Waals surface area contributed by atoms with Crippen LogP contribution >= 0.6 is 23.1 Å². The first kappa shape index (κ1) is 18.9. The number of rotatable bonds is 7. The topological polar surface area (TPSA) is 70.8 Å². The van der Waals surface area contributed by atoms with Crippen molar-refractivity contribution in [2.24, 2.45) is 0 Å². The van der Waals surface area contributed by atoms with Crippen LogP contribution in [0.1, 0.15) is 24.0 Å². The smallest absolute Gasteiger partial charge is 0.206 e. The van der Waals surface area contributed by atoms with Gasteiger partial charge in [-0.05, 0) is 35.6 Å². The molecule has 0 amide bonds. The van der Waals surface area contributed by atoms with E-state index in [0.717, 1.165) is 52.3 Å². The second kappa shape index (κ2) is 9.20. The zero-order chi connectivity index (χ0) is 19.2. The summed E-state index contributed by atoms with van der Waals surface area (Å²) in [6.07, 6.45) is 2.55. The van der Waals surface area contributed by atoms with E-state index < -0.39 is 0 Å². The van der Waals surface area contributed by atoms with Gasteiger partial charge in [-0.15, -0.1) is 10.2 Å². The molecule has 1 aromatic heterocycles. The molecule has 1 unspecified atom stereocenters. The maximum Gasteiger partial charge on any atom is 0.206 e. The predicted molar refractivity (Wildman–Crippen MR) is 114 cm³/mol. The number of benzene rings is 2. The molecule has 0 spiro atoms. The van der Waals surface area contributed by atoms with E-state index in [-0.39, 0.29) is 0 Å². The lowest BCUT2D eigenvalue weighted by Gasteiger charge is -2.08. The van der Waals surface area contributed by atoms with Gasteiger partial charge < -0.3 is 10.1 Å². The first-order chi connectivity index (χ1) is 13.8. The molecule has 1 saturated heterocycles. The number of nitrogens with zero attached hydrogens (tertiary/aromatic N) is 3. The van der Waals surface area contributed by atoms with Crippen LogP contribution < -0.4 is 5.32 Å². The predicted octanol–water partition coefficient (Wildman–Crippen LogP) is 4.96. The van der Waals surface area contributed by atoms with Gasteiger partial charge in [-0.1, -0.05) is 65.6 Å². The summed E-state index contributed by atoms with van der Waals surface area (Å²) in [5.41, 5.74) is 3.94. The van der Waals surface area contributed by atoms with Crippen LogP contribution in [0.3, 0.4) is 0 Å². The van der Waals surface area contributed by atoms with E-state index >= 15 is 0 Å². The molecule has 4 rings (SSSR count). The summed E-state index contributed by atoms with van der Waals surface area (Å²) in [5.74, 6) is 0.834. The number of ether oxygens (including phenoxy) is 1. The maximum absolute atomic E-state index is 9.27. The molecule has 0 aliphatic carbocycles. The Bertz CT molecular complexity index is 959. The summed E-state index contributed by atoms with van der Waals surface area (Å²) in [6, 6.07) is 18.3. The summed E-state index contributed by atoms with van der Waals surface area (Å²) in [5, 5.41) is 21.9. The van der Waals surface area contributed by atoms with Gasteiger partial charge in [0.1, 0.15) is 0 Å². The molecule has 2 aromatic carbocycles. The standard InChI is InChI=1S/C21H20N4OS2/c22-12-17-4-1-2-6-19(17)16-9-7-15(8-10-16)14-27-21-25-24-20(28-21)23-13-18-5-3-11-26-18/h1-2,4,6-10,18H,3,5,11,13-14H2,(H,23,24). The van der Waals surface area contributed by atoms with E-state index in [4.69, 9.17) is 4.74 Å². The average molecular weight is 409 g/mol. The highest BCUT2D eigenvalue weighted by Crippen LogP contribution is 2.30. The molecule has 7 heteroatoms. The van der Waals surface area contributed by atoms with Gasteiger partial charge in [-0.3, -0.25) is 0 Å². The highest BCUT2D eigenvalue weighted by molar-refractivity contribution is 8.00. The van der Waals surface area contributed by atoms with Crippen molar-refractivity contribution in [3.05, 3.63) is 59.7 Å². The SMILES string of the molecule is N#Cc1ccccc1-c1ccc(CSc2nnc(NCC3CCCO3)s2)cc1. The van der Waals surface area contributed by atoms with Crippen LogP contribution in [0.25, 0.3) is 11.1 Å². The van der Waals surface area contributed by atoms with Gasteiger partial charge in [0.15, 0.2) is 4.34 Å². The van der Waals surface area contributed by atoms with Crippen LogP contribution in [0.4, 0.5) is 5.13 Å². The highest BCUT2D eigenvalue weighted by Gasteiger charge is 2.16. The van der Waals surface area contributed by atoms with Crippen molar-refractivity contribution in [3.63, 3.8) is 0 Å². The molecule has 5 nitrogen and oxygen atoms in total. The van der Waals surface area contributed by atoms with Gasteiger partial charge in [-0.2, -0.15) is 5.26 Å². The summed E-state index contributed by atoms with van der Waals surface area (Å²) < 4.78 is 6.57. The van der Waals surface area contributed by atoms with Gasteiger partial charge in [0.05, 0.1) is 17.7 Å². The van der Waals surface area contributed by atoms with E-state index in [1.807, 2.05) is 24.3 Å². The van der Waals surface area contributed by atoms with E-state index in [1.165, 1.54) is 5.56 Å². The average Bonchev–Trinajstić information content (AvgIpc) is 3.43. The lowest BCUT2D eigenvalue weighted by atomic mass is 10.00. The van der Waals surface area contributed by atoms with E-state index in [9.17, 15) is 5.26 Å². The van der Waals surface area contributed by atoms with Crippen molar-refractivity contribution in [1.82, 2.24) is 10.2 Å². The molecule has 0 bridgehead atoms. The Hall–Kier alpha value is -2.40. The van der Waals surface area contributed by atoms with Crippen molar-refractivity contribution in [2.45, 2.75) is 29.0 Å². The largest absolute Gasteiger partial charge is 0.376 e. The molecule has 1 aliphatic heterocycles. The van der Waals surface area contributed by atoms with Crippen molar-refractivity contribution in [1.29, 1.82) is 5.26 Å². The summed E-state index contributed by atoms with van der Waals surface area (Å²) in [6.45, 7) is 1.66. The number of anilines is 1. The van der Waals surface area contributed by atoms with Gasteiger partial charge in [0.25, 0.3) is 0 Å². The normalized spacial score (nSPS) is 16.0. The quantitative estimate of drug-likeness (QED) is 0.557. The second-order valence-corrected chi connectivity index (χ2v) is 8.73. The second-order valence-electron chi connectivity index (χ2n) is 6.53. The minimum Gasteiger partial charge on any atom is -0.376 e. The number of nitriles is 1. The van der Waals surface area contributed by atoms with Crippen molar-refractivity contribution in [3.8, 4) is 17.2 Å². The Morgan fingerprint density at radius 1 is 1.18 bits per heavy atom. The Balaban J connectivity index is 1.32. The molecular weight excluding hydrogens is 388 g/mol. The first-order valence-electron chi connectivity index (χ1n) is 9.22. The van der Waals surface area contributed by atoms with Crippen LogP contribution in [-0.4, -0.2) is 29.5 Å². The molecule has 1 fully saturated rings. The Morgan fingerprint density at radius 2 is 2.04 bits per heavy atom. The zero-order valence-electron chi connectivity index (χ0n) is 15.3. The monoisotopic (exact) mass is 408 g/mol. The third kappa shape index (κ3) is 4.71. The Morgan fingerprint density at radius 3 is 2.82 bits per heavy atom. The van der Waals surface area contributed by atoms with Gasteiger partial charge >= 0.3 is 0 Å². The van der Waals surface area contributed by atoms with E-state index in [0.29, 0.717) is 11.7 Å². The van der Waals surface area contributed by atoms with Gasteiger partial charge in [0, 0.05) is 18.9 Å². The van der Waals surface area contributed by atoms with Crippen LogP contribution in [0, 0.1) is 11.3 Å². The third-order valence-electron chi connectivity index (χ3n) is 4.59. The van der Waals surface area contributed by atoms with Crippen LogP contribution in [0.15, 0.2) is 52.9 Å². The molecule has 0 saturated carbocycles. The number of aromatic nitrogens is 2. The molecule has 1 aliphatic rings. The Kier molecular flexibility index (Phi) is 6.22. The molecule has 0 radical (unpaired) electrons. The van der Waals surface area contributed by atoms with Crippen LogP contribution in [0.2, 0.25) is 0 Å². The highest BCUT2D eigenvalue weighted by atomic mass is 32.2.